The van der Waals surface area contributed by atoms with E-state index in [9.17, 15) is 14.7 Å². The lowest BCUT2D eigenvalue weighted by atomic mass is 9.93. The number of ketones is 2. The van der Waals surface area contributed by atoms with Crippen LogP contribution in [0.2, 0.25) is 0 Å². The molecule has 3 aromatic rings. The first kappa shape index (κ1) is 19.5. The third-order valence-electron chi connectivity index (χ3n) is 4.51. The SMILES string of the molecule is COc1ccc(C(=O)c2ccccc2)cc1-c1ccc(C(=O)C(C)(C)O)cc1. The van der Waals surface area contributed by atoms with Crippen LogP contribution in [0.25, 0.3) is 11.1 Å². The smallest absolute Gasteiger partial charge is 0.193 e. The minimum atomic E-state index is -1.43. The molecule has 0 saturated heterocycles. The molecule has 4 nitrogen and oxygen atoms in total. The molecular weight excluding hydrogens is 352 g/mol. The highest BCUT2D eigenvalue weighted by molar-refractivity contribution is 6.09. The van der Waals surface area contributed by atoms with Crippen molar-refractivity contribution in [3.8, 4) is 16.9 Å². The summed E-state index contributed by atoms with van der Waals surface area (Å²) < 4.78 is 5.45. The lowest BCUT2D eigenvalue weighted by Gasteiger charge is -2.16. The fourth-order valence-electron chi connectivity index (χ4n) is 2.99. The Hall–Kier alpha value is -3.24. The van der Waals surface area contributed by atoms with Crippen LogP contribution in [0.5, 0.6) is 5.75 Å². The molecule has 0 bridgehead atoms. The predicted molar refractivity (Wildman–Crippen MR) is 109 cm³/mol. The number of carbonyl (C=O) groups is 2. The van der Waals surface area contributed by atoms with Gasteiger partial charge in [0.15, 0.2) is 11.6 Å². The topological polar surface area (TPSA) is 63.6 Å². The molecule has 0 amide bonds. The van der Waals surface area contributed by atoms with Crippen molar-refractivity contribution in [2.24, 2.45) is 0 Å². The van der Waals surface area contributed by atoms with Crippen LogP contribution >= 0.6 is 0 Å². The number of ether oxygens (including phenoxy) is 1. The number of hydrogen-bond acceptors (Lipinski definition) is 4. The summed E-state index contributed by atoms with van der Waals surface area (Å²) in [4.78, 5) is 25.0. The van der Waals surface area contributed by atoms with E-state index in [4.69, 9.17) is 4.74 Å². The highest BCUT2D eigenvalue weighted by Crippen LogP contribution is 2.32. The number of methoxy groups -OCH3 is 1. The summed E-state index contributed by atoms with van der Waals surface area (Å²) in [7, 11) is 1.57. The largest absolute Gasteiger partial charge is 0.496 e. The average Bonchev–Trinajstić information content (AvgIpc) is 2.72. The van der Waals surface area contributed by atoms with Crippen molar-refractivity contribution in [1.29, 1.82) is 0 Å². The Morgan fingerprint density at radius 3 is 2.00 bits per heavy atom. The minimum Gasteiger partial charge on any atom is -0.496 e. The van der Waals surface area contributed by atoms with E-state index in [0.717, 1.165) is 11.1 Å². The second-order valence-electron chi connectivity index (χ2n) is 7.08. The van der Waals surface area contributed by atoms with Crippen LogP contribution < -0.4 is 4.74 Å². The van der Waals surface area contributed by atoms with Gasteiger partial charge in [0, 0.05) is 22.3 Å². The van der Waals surface area contributed by atoms with E-state index in [1.807, 2.05) is 18.2 Å². The number of aliphatic hydroxyl groups is 1. The van der Waals surface area contributed by atoms with E-state index in [1.54, 1.807) is 61.7 Å². The maximum atomic E-state index is 12.8. The number of carbonyl (C=O) groups excluding carboxylic acids is 2. The Morgan fingerprint density at radius 1 is 0.821 bits per heavy atom. The number of benzene rings is 3. The Morgan fingerprint density at radius 2 is 1.43 bits per heavy atom. The van der Waals surface area contributed by atoms with Gasteiger partial charge >= 0.3 is 0 Å². The predicted octanol–water partition coefficient (Wildman–Crippen LogP) is 4.55. The van der Waals surface area contributed by atoms with Crippen molar-refractivity contribution < 1.29 is 19.4 Å². The van der Waals surface area contributed by atoms with E-state index < -0.39 is 5.60 Å². The van der Waals surface area contributed by atoms with Crippen molar-refractivity contribution in [3.05, 3.63) is 89.5 Å². The van der Waals surface area contributed by atoms with Crippen LogP contribution in [0.1, 0.15) is 40.1 Å². The second-order valence-corrected chi connectivity index (χ2v) is 7.08. The highest BCUT2D eigenvalue weighted by Gasteiger charge is 2.25. The van der Waals surface area contributed by atoms with Gasteiger partial charge in [0.25, 0.3) is 0 Å². The summed E-state index contributed by atoms with van der Waals surface area (Å²) in [6, 6.07) is 21.3. The molecule has 0 atom stereocenters. The van der Waals surface area contributed by atoms with Crippen LogP contribution in [-0.4, -0.2) is 29.4 Å². The minimum absolute atomic E-state index is 0.0710. The van der Waals surface area contributed by atoms with E-state index in [1.165, 1.54) is 13.8 Å². The Bertz CT molecular complexity index is 997. The van der Waals surface area contributed by atoms with Gasteiger partial charge in [-0.3, -0.25) is 9.59 Å². The zero-order valence-electron chi connectivity index (χ0n) is 16.1. The van der Waals surface area contributed by atoms with Gasteiger partial charge in [-0.25, -0.2) is 0 Å². The first-order valence-electron chi connectivity index (χ1n) is 8.96. The second kappa shape index (κ2) is 7.79. The molecule has 142 valence electrons. The van der Waals surface area contributed by atoms with E-state index in [2.05, 4.69) is 0 Å². The summed E-state index contributed by atoms with van der Waals surface area (Å²) in [5.41, 5.74) is 1.73. The van der Waals surface area contributed by atoms with Gasteiger partial charge in [-0.1, -0.05) is 54.6 Å². The maximum Gasteiger partial charge on any atom is 0.193 e. The molecule has 0 aromatic heterocycles. The quantitative estimate of drug-likeness (QED) is 0.643. The van der Waals surface area contributed by atoms with E-state index >= 15 is 0 Å². The molecule has 0 heterocycles. The monoisotopic (exact) mass is 374 g/mol. The Balaban J connectivity index is 1.99. The molecular formula is C24H22O4. The molecule has 0 spiro atoms. The fourth-order valence-corrected chi connectivity index (χ4v) is 2.99. The standard InChI is InChI=1S/C24H22O4/c1-24(2,27)23(26)18-11-9-16(10-12-18)20-15-19(13-14-21(20)28-3)22(25)17-7-5-4-6-8-17/h4-15,27H,1-3H3. The molecule has 0 radical (unpaired) electrons. The average molecular weight is 374 g/mol. The first-order chi connectivity index (χ1) is 13.3. The molecule has 0 unspecified atom stereocenters. The van der Waals surface area contributed by atoms with E-state index in [0.29, 0.717) is 22.4 Å². The normalized spacial score (nSPS) is 11.1. The molecule has 0 aliphatic carbocycles. The number of rotatable bonds is 6. The number of Topliss-reactive ketones (excluding diaryl/α,β-unsaturated/α-hetero) is 1. The lowest BCUT2D eigenvalue weighted by Crippen LogP contribution is -2.30. The van der Waals surface area contributed by atoms with E-state index in [-0.39, 0.29) is 11.6 Å². The molecule has 0 aliphatic heterocycles. The highest BCUT2D eigenvalue weighted by atomic mass is 16.5. The van der Waals surface area contributed by atoms with Gasteiger partial charge in [0.1, 0.15) is 11.4 Å². The summed E-state index contributed by atoms with van der Waals surface area (Å²) in [6.07, 6.45) is 0. The van der Waals surface area contributed by atoms with Gasteiger partial charge in [0.2, 0.25) is 0 Å². The van der Waals surface area contributed by atoms with Crippen LogP contribution in [0, 0.1) is 0 Å². The maximum absolute atomic E-state index is 12.8. The molecule has 0 fully saturated rings. The van der Waals surface area contributed by atoms with Crippen molar-refractivity contribution in [2.75, 3.05) is 7.11 Å². The summed E-state index contributed by atoms with van der Waals surface area (Å²) in [5.74, 6) is 0.212. The van der Waals surface area contributed by atoms with Gasteiger partial charge in [-0.2, -0.15) is 0 Å². The molecule has 3 aromatic carbocycles. The van der Waals surface area contributed by atoms with Crippen LogP contribution in [-0.2, 0) is 0 Å². The van der Waals surface area contributed by atoms with Crippen molar-refractivity contribution >= 4 is 11.6 Å². The van der Waals surface area contributed by atoms with Crippen molar-refractivity contribution in [3.63, 3.8) is 0 Å². The number of hydrogen-bond donors (Lipinski definition) is 1. The first-order valence-corrected chi connectivity index (χ1v) is 8.96. The summed E-state index contributed by atoms with van der Waals surface area (Å²) in [6.45, 7) is 2.93. The van der Waals surface area contributed by atoms with Crippen LogP contribution in [0.4, 0.5) is 0 Å². The Labute approximate surface area is 164 Å². The molecule has 4 heteroatoms. The molecule has 0 saturated carbocycles. The molecule has 28 heavy (non-hydrogen) atoms. The zero-order chi connectivity index (χ0) is 20.3. The fraction of sp³-hybridized carbons (Fsp3) is 0.167. The molecule has 3 rings (SSSR count). The van der Waals surface area contributed by atoms with Gasteiger partial charge in [0.05, 0.1) is 7.11 Å². The third kappa shape index (κ3) is 4.02. The van der Waals surface area contributed by atoms with Crippen molar-refractivity contribution in [2.45, 2.75) is 19.4 Å². The van der Waals surface area contributed by atoms with Gasteiger partial charge in [-0.05, 0) is 37.6 Å². The molecule has 0 aliphatic rings. The van der Waals surface area contributed by atoms with Crippen LogP contribution in [0.3, 0.4) is 0 Å². The van der Waals surface area contributed by atoms with Gasteiger partial charge in [-0.15, -0.1) is 0 Å². The van der Waals surface area contributed by atoms with Gasteiger partial charge < -0.3 is 9.84 Å². The summed E-state index contributed by atoms with van der Waals surface area (Å²) in [5, 5.41) is 9.91. The third-order valence-corrected chi connectivity index (χ3v) is 4.51. The molecule has 1 N–H and O–H groups in total. The Kier molecular flexibility index (Phi) is 5.43. The lowest BCUT2D eigenvalue weighted by molar-refractivity contribution is 0.0488. The van der Waals surface area contributed by atoms with Crippen LogP contribution in [0.15, 0.2) is 72.8 Å². The zero-order valence-corrected chi connectivity index (χ0v) is 16.1. The summed E-state index contributed by atoms with van der Waals surface area (Å²) >= 11 is 0. The van der Waals surface area contributed by atoms with Crippen molar-refractivity contribution in [1.82, 2.24) is 0 Å².